The molecule has 0 fully saturated rings. The molecule has 0 spiro atoms. The molecule has 4 rings (SSSR count). The van der Waals surface area contributed by atoms with E-state index in [0.717, 1.165) is 23.9 Å². The molecule has 3 aromatic carbocycles. The minimum absolute atomic E-state index is 0.756. The van der Waals surface area contributed by atoms with Gasteiger partial charge in [0.15, 0.2) is 23.9 Å². The minimum Gasteiger partial charge on any atom is -0.493 e. The number of ether oxygens (including phenoxy) is 2. The van der Waals surface area contributed by atoms with Crippen LogP contribution in [0.1, 0.15) is 16.7 Å². The zero-order chi connectivity index (χ0) is 18.6. The van der Waals surface area contributed by atoms with Crippen LogP contribution in [0.2, 0.25) is 0 Å². The predicted molar refractivity (Wildman–Crippen MR) is 110 cm³/mol. The number of benzene rings is 3. The number of hydrogen-bond acceptors (Lipinski definition) is 3. The average molecular weight is 377 g/mol. The van der Waals surface area contributed by atoms with Crippen LogP contribution in [0.5, 0.6) is 11.5 Å². The molecule has 0 bridgehead atoms. The zero-order valence-corrected chi connectivity index (χ0v) is 16.3. The highest BCUT2D eigenvalue weighted by Crippen LogP contribution is 2.39. The molecule has 27 heavy (non-hydrogen) atoms. The molecule has 0 N–H and O–H groups in total. The third-order valence-electron chi connectivity index (χ3n) is 4.70. The van der Waals surface area contributed by atoms with Crippen LogP contribution in [0.3, 0.4) is 0 Å². The van der Waals surface area contributed by atoms with E-state index in [2.05, 4.69) is 77.4 Å². The maximum atomic E-state index is 5.57. The summed E-state index contributed by atoms with van der Waals surface area (Å²) in [6.45, 7) is 0.867. The highest BCUT2D eigenvalue weighted by Gasteiger charge is 2.29. The minimum atomic E-state index is 0.756. The second kappa shape index (κ2) is 7.89. The van der Waals surface area contributed by atoms with E-state index in [4.69, 9.17) is 9.47 Å². The lowest BCUT2D eigenvalue weighted by Crippen LogP contribution is -2.27. The van der Waals surface area contributed by atoms with E-state index >= 15 is 0 Å². The summed E-state index contributed by atoms with van der Waals surface area (Å²) in [5.41, 5.74) is 4.93. The number of hydrogen-bond donors (Lipinski definition) is 0. The van der Waals surface area contributed by atoms with Crippen molar-refractivity contribution in [3.8, 4) is 11.5 Å². The Morgan fingerprint density at radius 2 is 1.48 bits per heavy atom. The van der Waals surface area contributed by atoms with Gasteiger partial charge in [-0.2, -0.15) is 0 Å². The SMILES string of the molecule is COc1cc2c(cc1OC)C(c1ccccc1)=[N+](Cc1ccccc1)CS2. The quantitative estimate of drug-likeness (QED) is 0.596. The van der Waals surface area contributed by atoms with Gasteiger partial charge < -0.3 is 9.47 Å². The smallest absolute Gasteiger partial charge is 0.216 e. The molecule has 0 unspecified atom stereocenters. The van der Waals surface area contributed by atoms with Crippen LogP contribution in [0.25, 0.3) is 0 Å². The lowest BCUT2D eigenvalue weighted by Gasteiger charge is -2.20. The first-order valence-corrected chi connectivity index (χ1v) is 9.89. The monoisotopic (exact) mass is 376 g/mol. The highest BCUT2D eigenvalue weighted by molar-refractivity contribution is 7.99. The Labute approximate surface area is 164 Å². The van der Waals surface area contributed by atoms with Crippen LogP contribution in [0.15, 0.2) is 77.7 Å². The summed E-state index contributed by atoms with van der Waals surface area (Å²) in [6, 6.07) is 25.4. The van der Waals surface area contributed by atoms with Gasteiger partial charge in [-0.05, 0) is 24.3 Å². The molecule has 0 aliphatic carbocycles. The molecular weight excluding hydrogens is 354 g/mol. The number of thioether (sulfide) groups is 1. The Kier molecular flexibility index (Phi) is 5.16. The van der Waals surface area contributed by atoms with Crippen molar-refractivity contribution < 1.29 is 14.0 Å². The Bertz CT molecular complexity index is 968. The first-order chi connectivity index (χ1) is 13.3. The van der Waals surface area contributed by atoms with E-state index in [-0.39, 0.29) is 0 Å². The van der Waals surface area contributed by atoms with E-state index in [1.165, 1.54) is 27.3 Å². The molecule has 0 radical (unpaired) electrons. The second-order valence-electron chi connectivity index (χ2n) is 6.37. The standard InChI is InChI=1S/C23H22NO2S/c1-25-20-13-19-22(14-21(20)26-2)27-16-24(15-17-9-5-3-6-10-17)23(19)18-11-7-4-8-12-18/h3-14H,15-16H2,1-2H3/q+1. The molecule has 1 heterocycles. The third-order valence-corrected chi connectivity index (χ3v) is 5.79. The summed E-state index contributed by atoms with van der Waals surface area (Å²) in [4.78, 5) is 1.22. The van der Waals surface area contributed by atoms with Crippen LogP contribution >= 0.6 is 11.8 Å². The number of nitrogens with zero attached hydrogens (tertiary/aromatic N) is 1. The molecule has 3 nitrogen and oxygen atoms in total. The van der Waals surface area contributed by atoms with Crippen molar-refractivity contribution in [1.82, 2.24) is 0 Å². The van der Waals surface area contributed by atoms with Crippen molar-refractivity contribution in [3.63, 3.8) is 0 Å². The van der Waals surface area contributed by atoms with Crippen molar-refractivity contribution in [1.29, 1.82) is 0 Å². The fourth-order valence-electron chi connectivity index (χ4n) is 3.41. The molecule has 0 saturated heterocycles. The van der Waals surface area contributed by atoms with Crippen LogP contribution in [-0.4, -0.2) is 30.4 Å². The Balaban J connectivity index is 1.89. The normalized spacial score (nSPS) is 13.3. The van der Waals surface area contributed by atoms with Gasteiger partial charge in [0.25, 0.3) is 0 Å². The number of methoxy groups -OCH3 is 2. The molecule has 0 atom stereocenters. The van der Waals surface area contributed by atoms with Gasteiger partial charge in [-0.3, -0.25) is 0 Å². The van der Waals surface area contributed by atoms with E-state index in [1.807, 2.05) is 11.8 Å². The molecule has 1 aliphatic rings. The number of fused-ring (bicyclic) bond motifs is 1. The molecule has 0 saturated carbocycles. The van der Waals surface area contributed by atoms with Gasteiger partial charge in [-0.1, -0.05) is 60.3 Å². The maximum Gasteiger partial charge on any atom is 0.216 e. The van der Waals surface area contributed by atoms with Crippen LogP contribution < -0.4 is 9.47 Å². The van der Waals surface area contributed by atoms with E-state index in [0.29, 0.717) is 0 Å². The Hall–Kier alpha value is -2.72. The molecule has 4 heteroatoms. The van der Waals surface area contributed by atoms with E-state index in [9.17, 15) is 0 Å². The zero-order valence-electron chi connectivity index (χ0n) is 15.5. The average Bonchev–Trinajstić information content (AvgIpc) is 2.74. The lowest BCUT2D eigenvalue weighted by atomic mass is 10.0. The topological polar surface area (TPSA) is 21.5 Å². The molecule has 136 valence electrons. The van der Waals surface area contributed by atoms with Crippen LogP contribution in [-0.2, 0) is 6.54 Å². The summed E-state index contributed by atoms with van der Waals surface area (Å²) < 4.78 is 13.5. The van der Waals surface area contributed by atoms with Crippen LogP contribution in [0.4, 0.5) is 0 Å². The van der Waals surface area contributed by atoms with Gasteiger partial charge in [0.05, 0.1) is 19.8 Å². The van der Waals surface area contributed by atoms with Crippen LogP contribution in [0, 0.1) is 0 Å². The van der Waals surface area contributed by atoms with Crippen molar-refractivity contribution >= 4 is 17.5 Å². The molecule has 1 aliphatic heterocycles. The third kappa shape index (κ3) is 3.58. The van der Waals surface area contributed by atoms with Crippen molar-refractivity contribution in [2.75, 3.05) is 20.1 Å². The van der Waals surface area contributed by atoms with Gasteiger partial charge >= 0.3 is 0 Å². The van der Waals surface area contributed by atoms with E-state index in [1.54, 1.807) is 14.2 Å². The summed E-state index contributed by atoms with van der Waals surface area (Å²) in [5.74, 6) is 2.42. The molecule has 0 amide bonds. The summed E-state index contributed by atoms with van der Waals surface area (Å²) >= 11 is 1.83. The maximum absolute atomic E-state index is 5.57. The summed E-state index contributed by atoms with van der Waals surface area (Å²) in [5, 5.41) is 0. The molecule has 3 aromatic rings. The Morgan fingerprint density at radius 3 is 2.15 bits per heavy atom. The van der Waals surface area contributed by atoms with Crippen molar-refractivity contribution in [3.05, 3.63) is 89.5 Å². The molecule has 0 aromatic heterocycles. The Morgan fingerprint density at radius 1 is 0.852 bits per heavy atom. The molecular formula is C23H22NO2S+. The van der Waals surface area contributed by atoms with Gasteiger partial charge in [0, 0.05) is 16.0 Å². The largest absolute Gasteiger partial charge is 0.493 e. The first-order valence-electron chi connectivity index (χ1n) is 8.90. The van der Waals surface area contributed by atoms with Gasteiger partial charge in [-0.25, -0.2) is 4.58 Å². The lowest BCUT2D eigenvalue weighted by molar-refractivity contribution is -0.523. The first kappa shape index (κ1) is 17.7. The summed E-state index contributed by atoms with van der Waals surface area (Å²) in [7, 11) is 3.37. The van der Waals surface area contributed by atoms with Crippen molar-refractivity contribution in [2.24, 2.45) is 0 Å². The van der Waals surface area contributed by atoms with E-state index < -0.39 is 0 Å². The fraction of sp³-hybridized carbons (Fsp3) is 0.174. The number of rotatable bonds is 5. The van der Waals surface area contributed by atoms with Gasteiger partial charge in [0.2, 0.25) is 5.71 Å². The predicted octanol–water partition coefficient (Wildman–Crippen LogP) is 4.82. The summed E-state index contributed by atoms with van der Waals surface area (Å²) in [6.07, 6.45) is 0. The van der Waals surface area contributed by atoms with Crippen molar-refractivity contribution in [2.45, 2.75) is 11.4 Å². The fourth-order valence-corrected chi connectivity index (χ4v) is 4.43. The highest BCUT2D eigenvalue weighted by atomic mass is 32.2. The second-order valence-corrected chi connectivity index (χ2v) is 7.36. The van der Waals surface area contributed by atoms with Gasteiger partial charge in [-0.15, -0.1) is 0 Å². The van der Waals surface area contributed by atoms with Gasteiger partial charge in [0.1, 0.15) is 0 Å².